The van der Waals surface area contributed by atoms with E-state index in [0.717, 1.165) is 0 Å². The number of nitro groups is 2. The van der Waals surface area contributed by atoms with Crippen LogP contribution in [0.5, 0.6) is 0 Å². The molecule has 0 aliphatic rings. The molecular formula is C8H4N2O4. The molecule has 0 saturated carbocycles. The van der Waals surface area contributed by atoms with E-state index in [0.29, 0.717) is 0 Å². The fourth-order valence-electron chi connectivity index (χ4n) is 0.844. The van der Waals surface area contributed by atoms with Crippen LogP contribution in [0.3, 0.4) is 0 Å². The van der Waals surface area contributed by atoms with Crippen molar-refractivity contribution in [3.63, 3.8) is 0 Å². The number of hydrogen-bond donors (Lipinski definition) is 0. The lowest BCUT2D eigenvalue weighted by molar-refractivity contribution is -0.385. The Labute approximate surface area is 78.5 Å². The molecule has 0 aromatic heterocycles. The molecular weight excluding hydrogens is 188 g/mol. The Morgan fingerprint density at radius 3 is 2.36 bits per heavy atom. The van der Waals surface area contributed by atoms with Gasteiger partial charge in [0.05, 0.1) is 4.92 Å². The average Bonchev–Trinajstić information content (AvgIpc) is 2.15. The Kier molecular flexibility index (Phi) is 2.76. The maximum absolute atomic E-state index is 10.4. The summed E-state index contributed by atoms with van der Waals surface area (Å²) in [4.78, 5) is 18.9. The zero-order valence-corrected chi connectivity index (χ0v) is 6.84. The summed E-state index contributed by atoms with van der Waals surface area (Å²) < 4.78 is 0. The molecule has 6 heteroatoms. The van der Waals surface area contributed by atoms with E-state index in [1.54, 1.807) is 6.04 Å². The topological polar surface area (TPSA) is 86.3 Å². The summed E-state index contributed by atoms with van der Waals surface area (Å²) in [6.07, 6.45) is 0. The number of nitrogens with zero attached hydrogens (tertiary/aromatic N) is 2. The molecule has 0 spiro atoms. The summed E-state index contributed by atoms with van der Waals surface area (Å²) in [6.45, 7) is 0. The third-order valence-electron chi connectivity index (χ3n) is 1.38. The third kappa shape index (κ3) is 2.28. The van der Waals surface area contributed by atoms with Crippen molar-refractivity contribution in [2.24, 2.45) is 0 Å². The second kappa shape index (κ2) is 4.00. The number of nitro benzene ring substituents is 1. The van der Waals surface area contributed by atoms with Crippen molar-refractivity contribution in [3.05, 3.63) is 50.1 Å². The monoisotopic (exact) mass is 192 g/mol. The molecule has 0 amide bonds. The predicted octanol–water partition coefficient (Wildman–Crippen LogP) is 1.18. The highest BCUT2D eigenvalue weighted by atomic mass is 16.6. The van der Waals surface area contributed by atoms with Crippen LogP contribution >= 0.6 is 0 Å². The summed E-state index contributed by atoms with van der Waals surface area (Å²) in [6, 6.07) is 7.21. The number of rotatable bonds is 1. The van der Waals surface area contributed by atoms with Crippen molar-refractivity contribution in [2.45, 2.75) is 0 Å². The van der Waals surface area contributed by atoms with E-state index in [1.807, 2.05) is 0 Å². The van der Waals surface area contributed by atoms with Gasteiger partial charge < -0.3 is 0 Å². The van der Waals surface area contributed by atoms with Gasteiger partial charge in [-0.05, 0) is 6.07 Å². The van der Waals surface area contributed by atoms with Gasteiger partial charge in [0.1, 0.15) is 10.5 Å². The third-order valence-corrected chi connectivity index (χ3v) is 1.38. The van der Waals surface area contributed by atoms with E-state index in [2.05, 4.69) is 5.92 Å². The van der Waals surface area contributed by atoms with Crippen LogP contribution in [-0.2, 0) is 0 Å². The minimum Gasteiger partial charge on any atom is -0.258 e. The molecule has 1 aromatic rings. The Balaban J connectivity index is 3.16. The second-order valence-corrected chi connectivity index (χ2v) is 2.27. The highest BCUT2D eigenvalue weighted by Gasteiger charge is 2.10. The highest BCUT2D eigenvalue weighted by Crippen LogP contribution is 2.15. The summed E-state index contributed by atoms with van der Waals surface area (Å²) in [5.41, 5.74) is -0.198. The lowest BCUT2D eigenvalue weighted by Gasteiger charge is -1.91. The first-order valence-electron chi connectivity index (χ1n) is 3.50. The molecule has 0 bridgehead atoms. The molecule has 6 nitrogen and oxygen atoms in total. The zero-order chi connectivity index (χ0) is 10.6. The van der Waals surface area contributed by atoms with Crippen molar-refractivity contribution >= 4 is 5.69 Å². The van der Waals surface area contributed by atoms with E-state index in [4.69, 9.17) is 0 Å². The Bertz CT molecular complexity index is 444. The molecule has 0 N–H and O–H groups in total. The minimum atomic E-state index is -0.850. The van der Waals surface area contributed by atoms with Crippen LogP contribution < -0.4 is 0 Å². The van der Waals surface area contributed by atoms with E-state index in [9.17, 15) is 20.2 Å². The lowest BCUT2D eigenvalue weighted by atomic mass is 10.2. The van der Waals surface area contributed by atoms with Crippen molar-refractivity contribution in [1.82, 2.24) is 0 Å². The van der Waals surface area contributed by atoms with E-state index < -0.39 is 9.85 Å². The normalized spacial score (nSPS) is 8.57. The largest absolute Gasteiger partial charge is 0.296 e. The van der Waals surface area contributed by atoms with Crippen LogP contribution in [0.4, 0.5) is 5.69 Å². The van der Waals surface area contributed by atoms with Gasteiger partial charge in [0, 0.05) is 12.0 Å². The van der Waals surface area contributed by atoms with Crippen LogP contribution in [0, 0.1) is 32.2 Å². The molecule has 0 radical (unpaired) electrons. The Hall–Kier alpha value is -2.42. The smallest absolute Gasteiger partial charge is 0.258 e. The van der Waals surface area contributed by atoms with Crippen molar-refractivity contribution in [2.75, 3.05) is 0 Å². The summed E-state index contributed by atoms with van der Waals surface area (Å²) in [5.74, 6) is 2.10. The van der Waals surface area contributed by atoms with Crippen LogP contribution in [0.2, 0.25) is 0 Å². The van der Waals surface area contributed by atoms with Gasteiger partial charge in [-0.1, -0.05) is 12.1 Å². The second-order valence-electron chi connectivity index (χ2n) is 2.27. The molecule has 0 aliphatic carbocycles. The van der Waals surface area contributed by atoms with E-state index >= 15 is 0 Å². The molecule has 14 heavy (non-hydrogen) atoms. The molecule has 0 unspecified atom stereocenters. The van der Waals surface area contributed by atoms with Gasteiger partial charge in [0.25, 0.3) is 11.7 Å². The lowest BCUT2D eigenvalue weighted by Crippen LogP contribution is -1.92. The first-order valence-corrected chi connectivity index (χ1v) is 3.50. The Morgan fingerprint density at radius 1 is 1.14 bits per heavy atom. The van der Waals surface area contributed by atoms with Gasteiger partial charge in [-0.2, -0.15) is 0 Å². The number of benzene rings is 1. The zero-order valence-electron chi connectivity index (χ0n) is 6.84. The van der Waals surface area contributed by atoms with Crippen molar-refractivity contribution in [1.29, 1.82) is 0 Å². The maximum atomic E-state index is 10.4. The fourth-order valence-corrected chi connectivity index (χ4v) is 0.844. The first-order chi connectivity index (χ1) is 6.61. The molecule has 0 saturated heterocycles. The summed E-state index contributed by atoms with van der Waals surface area (Å²) in [7, 11) is 0. The van der Waals surface area contributed by atoms with Gasteiger partial charge in [-0.15, -0.1) is 0 Å². The van der Waals surface area contributed by atoms with Gasteiger partial charge in [0.2, 0.25) is 0 Å². The summed E-state index contributed by atoms with van der Waals surface area (Å²) >= 11 is 0. The molecule has 1 rings (SSSR count). The van der Waals surface area contributed by atoms with Gasteiger partial charge >= 0.3 is 0 Å². The standard InChI is InChI=1S/C8H4N2O4/c11-9(12)6-5-7-3-1-2-4-8(7)10(13)14/h1-4H. The Morgan fingerprint density at radius 2 is 1.79 bits per heavy atom. The maximum Gasteiger partial charge on any atom is 0.296 e. The van der Waals surface area contributed by atoms with Crippen molar-refractivity contribution < 1.29 is 9.85 Å². The number of hydrogen-bond acceptors (Lipinski definition) is 4. The quantitative estimate of drug-likeness (QED) is 0.289. The van der Waals surface area contributed by atoms with E-state index in [-0.39, 0.29) is 11.3 Å². The molecule has 70 valence electrons. The molecule has 0 heterocycles. The van der Waals surface area contributed by atoms with Gasteiger partial charge in [-0.3, -0.25) is 10.1 Å². The first kappa shape index (κ1) is 9.67. The predicted molar refractivity (Wildman–Crippen MR) is 47.0 cm³/mol. The van der Waals surface area contributed by atoms with Gasteiger partial charge in [-0.25, -0.2) is 10.1 Å². The fraction of sp³-hybridized carbons (Fsp3) is 0. The van der Waals surface area contributed by atoms with Crippen LogP contribution in [0.25, 0.3) is 0 Å². The van der Waals surface area contributed by atoms with Crippen LogP contribution in [-0.4, -0.2) is 9.85 Å². The summed E-state index contributed by atoms with van der Waals surface area (Å²) in [5, 5.41) is 20.4. The SMILES string of the molecule is O=[N+]([O-])C#Cc1ccccc1[N+](=O)[O-]. The van der Waals surface area contributed by atoms with Crippen LogP contribution in [0.15, 0.2) is 24.3 Å². The van der Waals surface area contributed by atoms with Crippen molar-refractivity contribution in [3.8, 4) is 12.0 Å². The molecule has 0 atom stereocenters. The van der Waals surface area contributed by atoms with E-state index in [1.165, 1.54) is 24.3 Å². The average molecular weight is 192 g/mol. The van der Waals surface area contributed by atoms with Gasteiger partial charge in [0.15, 0.2) is 0 Å². The number of para-hydroxylation sites is 1. The van der Waals surface area contributed by atoms with Crippen LogP contribution in [0.1, 0.15) is 5.56 Å². The highest BCUT2D eigenvalue weighted by molar-refractivity contribution is 5.49. The molecule has 0 aliphatic heterocycles. The minimum absolute atomic E-state index is 0.0363. The molecule has 0 fully saturated rings. The molecule has 1 aromatic carbocycles.